The molecule has 0 N–H and O–H groups in total. The van der Waals surface area contributed by atoms with E-state index in [2.05, 4.69) is 72.1 Å². The van der Waals surface area contributed by atoms with Crippen molar-refractivity contribution in [1.82, 2.24) is 9.55 Å². The summed E-state index contributed by atoms with van der Waals surface area (Å²) >= 11 is 0. The van der Waals surface area contributed by atoms with E-state index in [0.29, 0.717) is 12.6 Å². The van der Waals surface area contributed by atoms with E-state index in [1.165, 1.54) is 27.6 Å². The lowest BCUT2D eigenvalue weighted by atomic mass is 10.0. The molecule has 1 unspecified atom stereocenters. The fraction of sp³-hybridized carbons (Fsp3) is 0.240. The highest BCUT2D eigenvalue weighted by Crippen LogP contribution is 2.32. The Bertz CT molecular complexity index is 1040. The van der Waals surface area contributed by atoms with E-state index >= 15 is 0 Å². The highest BCUT2D eigenvalue weighted by Gasteiger charge is 2.17. The smallest absolute Gasteiger partial charge is 0.120 e. The zero-order valence-corrected chi connectivity index (χ0v) is 16.5. The van der Waals surface area contributed by atoms with Gasteiger partial charge in [-0.05, 0) is 60.4 Å². The van der Waals surface area contributed by atoms with Gasteiger partial charge in [0.2, 0.25) is 0 Å². The Labute approximate surface area is 166 Å². The summed E-state index contributed by atoms with van der Waals surface area (Å²) in [6.45, 7) is 5.00. The van der Waals surface area contributed by atoms with Crippen molar-refractivity contribution in [3.05, 3.63) is 95.9 Å². The molecule has 0 saturated heterocycles. The Hall–Kier alpha value is -3.07. The first-order valence-corrected chi connectivity index (χ1v) is 9.94. The van der Waals surface area contributed by atoms with Gasteiger partial charge in [-0.25, -0.2) is 0 Å². The van der Waals surface area contributed by atoms with Gasteiger partial charge in [-0.2, -0.15) is 0 Å². The molecular formula is C25H26N2O. The first-order valence-electron chi connectivity index (χ1n) is 9.94. The molecule has 1 atom stereocenters. The third-order valence-corrected chi connectivity index (χ3v) is 5.24. The van der Waals surface area contributed by atoms with Crippen molar-refractivity contribution in [2.24, 2.45) is 0 Å². The van der Waals surface area contributed by atoms with Crippen LogP contribution in [0, 0.1) is 6.92 Å². The van der Waals surface area contributed by atoms with E-state index in [4.69, 9.17) is 4.74 Å². The fourth-order valence-electron chi connectivity index (χ4n) is 3.82. The molecule has 0 aliphatic rings. The van der Waals surface area contributed by atoms with Crippen molar-refractivity contribution < 1.29 is 4.74 Å². The van der Waals surface area contributed by atoms with Gasteiger partial charge in [0.1, 0.15) is 12.4 Å². The molecule has 142 valence electrons. The lowest BCUT2D eigenvalue weighted by molar-refractivity contribution is 0.306. The molecule has 28 heavy (non-hydrogen) atoms. The van der Waals surface area contributed by atoms with E-state index < -0.39 is 0 Å². The topological polar surface area (TPSA) is 27.1 Å². The lowest BCUT2D eigenvalue weighted by Gasteiger charge is -2.20. The van der Waals surface area contributed by atoms with Crippen molar-refractivity contribution in [2.75, 3.05) is 0 Å². The predicted octanol–water partition coefficient (Wildman–Crippen LogP) is 6.31. The maximum atomic E-state index is 6.04. The van der Waals surface area contributed by atoms with E-state index in [1.54, 1.807) is 0 Å². The third kappa shape index (κ3) is 3.79. The first kappa shape index (κ1) is 18.3. The Morgan fingerprint density at radius 3 is 2.54 bits per heavy atom. The average Bonchev–Trinajstić information content (AvgIpc) is 3.07. The van der Waals surface area contributed by atoms with Crippen LogP contribution in [0.1, 0.15) is 42.5 Å². The zero-order valence-electron chi connectivity index (χ0n) is 16.5. The molecule has 0 spiro atoms. The number of pyridine rings is 1. The van der Waals surface area contributed by atoms with Crippen LogP contribution >= 0.6 is 0 Å². The second kappa shape index (κ2) is 8.30. The van der Waals surface area contributed by atoms with Crippen molar-refractivity contribution in [3.63, 3.8) is 0 Å². The quantitative estimate of drug-likeness (QED) is 0.381. The average molecular weight is 370 g/mol. The van der Waals surface area contributed by atoms with Crippen molar-refractivity contribution in [1.29, 1.82) is 0 Å². The van der Waals surface area contributed by atoms with Crippen LogP contribution < -0.4 is 4.74 Å². The zero-order chi connectivity index (χ0) is 19.3. The first-order chi connectivity index (χ1) is 13.8. The summed E-state index contributed by atoms with van der Waals surface area (Å²) < 4.78 is 8.45. The molecule has 0 aliphatic heterocycles. The van der Waals surface area contributed by atoms with E-state index in [-0.39, 0.29) is 0 Å². The standard InChI is InChI=1S/C25H26N2O/c1-3-7-24(21-12-14-26-15-13-21)27-17-19(2)23-16-22(10-11-25(23)27)28-18-20-8-5-4-6-9-20/h4-6,8-17,24H,3,7,18H2,1-2H3. The molecule has 0 aliphatic carbocycles. The summed E-state index contributed by atoms with van der Waals surface area (Å²) in [4.78, 5) is 4.18. The molecular weight excluding hydrogens is 344 g/mol. The van der Waals surface area contributed by atoms with Gasteiger partial charge in [-0.3, -0.25) is 4.98 Å². The molecule has 2 aromatic heterocycles. The van der Waals surface area contributed by atoms with Gasteiger partial charge in [0, 0.05) is 29.5 Å². The van der Waals surface area contributed by atoms with Crippen LogP contribution in [-0.2, 0) is 6.61 Å². The van der Waals surface area contributed by atoms with Crippen LogP contribution in [-0.4, -0.2) is 9.55 Å². The van der Waals surface area contributed by atoms with Crippen molar-refractivity contribution in [2.45, 2.75) is 39.3 Å². The number of aryl methyl sites for hydroxylation is 1. The highest BCUT2D eigenvalue weighted by atomic mass is 16.5. The van der Waals surface area contributed by atoms with Crippen LogP contribution in [0.5, 0.6) is 5.75 Å². The number of benzene rings is 2. The number of aromatic nitrogens is 2. The number of hydrogen-bond donors (Lipinski definition) is 0. The van der Waals surface area contributed by atoms with Gasteiger partial charge in [-0.1, -0.05) is 43.7 Å². The molecule has 0 fully saturated rings. The number of fused-ring (bicyclic) bond motifs is 1. The van der Waals surface area contributed by atoms with Crippen molar-refractivity contribution >= 4 is 10.9 Å². The monoisotopic (exact) mass is 370 g/mol. The minimum Gasteiger partial charge on any atom is -0.489 e. The highest BCUT2D eigenvalue weighted by molar-refractivity contribution is 5.85. The van der Waals surface area contributed by atoms with Crippen molar-refractivity contribution in [3.8, 4) is 5.75 Å². The second-order valence-corrected chi connectivity index (χ2v) is 7.26. The summed E-state index contributed by atoms with van der Waals surface area (Å²) in [6, 6.07) is 21.3. The van der Waals surface area contributed by atoms with Gasteiger partial charge in [0.15, 0.2) is 0 Å². The Morgan fingerprint density at radius 1 is 1.00 bits per heavy atom. The van der Waals surface area contributed by atoms with Gasteiger partial charge >= 0.3 is 0 Å². The van der Waals surface area contributed by atoms with E-state index in [0.717, 1.165) is 18.6 Å². The van der Waals surface area contributed by atoms with Gasteiger partial charge in [-0.15, -0.1) is 0 Å². The molecule has 2 heterocycles. The normalized spacial score (nSPS) is 12.2. The van der Waals surface area contributed by atoms with Crippen LogP contribution in [0.2, 0.25) is 0 Å². The van der Waals surface area contributed by atoms with Crippen LogP contribution in [0.4, 0.5) is 0 Å². The third-order valence-electron chi connectivity index (χ3n) is 5.24. The molecule has 3 nitrogen and oxygen atoms in total. The summed E-state index contributed by atoms with van der Waals surface area (Å²) in [5.41, 5.74) is 5.01. The molecule has 0 radical (unpaired) electrons. The maximum Gasteiger partial charge on any atom is 0.120 e. The number of hydrogen-bond acceptors (Lipinski definition) is 2. The minimum absolute atomic E-state index is 0.320. The molecule has 4 aromatic rings. The Kier molecular flexibility index (Phi) is 5.43. The Balaban J connectivity index is 1.65. The molecule has 2 aromatic carbocycles. The minimum atomic E-state index is 0.320. The molecule has 4 rings (SSSR count). The summed E-state index contributed by atoms with van der Waals surface area (Å²) in [6.07, 6.45) is 8.26. The Morgan fingerprint density at radius 2 is 1.79 bits per heavy atom. The lowest BCUT2D eigenvalue weighted by Crippen LogP contribution is -2.09. The molecule has 3 heteroatoms. The largest absolute Gasteiger partial charge is 0.489 e. The van der Waals surface area contributed by atoms with Crippen LogP contribution in [0.15, 0.2) is 79.3 Å². The van der Waals surface area contributed by atoms with Gasteiger partial charge < -0.3 is 9.30 Å². The number of rotatable bonds is 7. The SMILES string of the molecule is CCCC(c1ccncc1)n1cc(C)c2cc(OCc3ccccc3)ccc21. The molecule has 0 bridgehead atoms. The summed E-state index contributed by atoms with van der Waals surface area (Å²) in [5.74, 6) is 0.910. The fourth-order valence-corrected chi connectivity index (χ4v) is 3.82. The molecule has 0 saturated carbocycles. The number of nitrogens with zero attached hydrogens (tertiary/aromatic N) is 2. The van der Waals surface area contributed by atoms with E-state index in [1.807, 2.05) is 30.6 Å². The van der Waals surface area contributed by atoms with Crippen LogP contribution in [0.25, 0.3) is 10.9 Å². The van der Waals surface area contributed by atoms with Crippen LogP contribution in [0.3, 0.4) is 0 Å². The van der Waals surface area contributed by atoms with Gasteiger partial charge in [0.25, 0.3) is 0 Å². The second-order valence-electron chi connectivity index (χ2n) is 7.26. The maximum absolute atomic E-state index is 6.04. The number of ether oxygens (including phenoxy) is 1. The molecule has 0 amide bonds. The summed E-state index contributed by atoms with van der Waals surface area (Å²) in [7, 11) is 0. The van der Waals surface area contributed by atoms with E-state index in [9.17, 15) is 0 Å². The summed E-state index contributed by atoms with van der Waals surface area (Å²) in [5, 5.41) is 1.25. The van der Waals surface area contributed by atoms with Gasteiger partial charge in [0.05, 0.1) is 6.04 Å². The predicted molar refractivity (Wildman–Crippen MR) is 115 cm³/mol.